The molecule has 5 amide bonds. The number of imide groups is 1. The number of carboxylic acid groups (broad SMARTS) is 2. The number of hydrogen-bond donors (Lipinski definition) is 7. The van der Waals surface area contributed by atoms with Crippen LogP contribution in [0.4, 0.5) is 15.7 Å². The fourth-order valence-electron chi connectivity index (χ4n) is 15.6. The molecule has 534 valence electrons. The third-order valence-electron chi connectivity index (χ3n) is 19.3. The van der Waals surface area contributed by atoms with E-state index in [1.54, 1.807) is 31.4 Å². The highest BCUT2D eigenvalue weighted by molar-refractivity contribution is 7.22. The van der Waals surface area contributed by atoms with E-state index in [0.29, 0.717) is 85.9 Å². The van der Waals surface area contributed by atoms with Gasteiger partial charge in [-0.05, 0) is 128 Å². The minimum atomic E-state index is -1.97. The lowest BCUT2D eigenvalue weighted by molar-refractivity contribution is -0.271. The summed E-state index contributed by atoms with van der Waals surface area (Å²) >= 11 is 1.40. The molecule has 100 heavy (non-hydrogen) atoms. The number of para-hydroxylation sites is 1. The summed E-state index contributed by atoms with van der Waals surface area (Å²) in [4.78, 5) is 102. The molecule has 0 radical (unpaired) electrons. The molecule has 28 heteroatoms. The summed E-state index contributed by atoms with van der Waals surface area (Å²) < 4.78 is 38.7. The number of ether oxygens (including phenoxy) is 6. The van der Waals surface area contributed by atoms with Crippen LogP contribution in [0.15, 0.2) is 91.1 Å². The number of aromatic carboxylic acids is 1. The van der Waals surface area contributed by atoms with Crippen molar-refractivity contribution in [2.75, 3.05) is 69.9 Å². The Morgan fingerprint density at radius 3 is 2.38 bits per heavy atom. The first-order chi connectivity index (χ1) is 47.7. The van der Waals surface area contributed by atoms with E-state index in [0.717, 1.165) is 52.7 Å². The van der Waals surface area contributed by atoms with Crippen molar-refractivity contribution in [3.05, 3.63) is 125 Å². The fraction of sp³-hybridized carbons (Fsp3) is 0.500. The van der Waals surface area contributed by atoms with Crippen LogP contribution in [0.1, 0.15) is 129 Å². The second-order valence-electron chi connectivity index (χ2n) is 28.3. The molecule has 3 fully saturated rings. The van der Waals surface area contributed by atoms with Gasteiger partial charge in [0.1, 0.15) is 48.8 Å². The van der Waals surface area contributed by atoms with E-state index in [2.05, 4.69) is 43.3 Å². The summed E-state index contributed by atoms with van der Waals surface area (Å²) in [7, 11) is 1.58. The Bertz CT molecular complexity index is 4030. The maximum atomic E-state index is 13.8. The Labute approximate surface area is 582 Å². The Morgan fingerprint density at radius 1 is 0.820 bits per heavy atom. The molecular formula is C72H87N9O18S. The molecule has 8 atom stereocenters. The monoisotopic (exact) mass is 1400 g/mol. The van der Waals surface area contributed by atoms with Gasteiger partial charge in [-0.15, -0.1) is 0 Å². The maximum Gasteiger partial charge on any atom is 0.409 e. The number of benzene rings is 3. The van der Waals surface area contributed by atoms with E-state index in [9.17, 15) is 59.1 Å². The number of carbonyl (C=O) groups excluding carboxylic acids is 5. The second-order valence-corrected chi connectivity index (χ2v) is 29.3. The highest BCUT2D eigenvalue weighted by Crippen LogP contribution is 2.63. The minimum Gasteiger partial charge on any atom is -0.491 e. The molecule has 5 aliphatic rings. The SMILES string of the molecule is Cc1c(-c2ccc(N3CCc4cccc(C(=O)Nc5nc6ccccc6s5)c4C3)nc2C(=O)O)cnn1CC1(C)CC2(C)CC(C)(C)CC(OCCN(C)C(=O)OCc3ccc(OCCOCCNC(=O)CCCCCN4C(=O)C=CC4=O)cc3O[C@@H]3O[C@H](C(=O)O)[C@@H](O)[C@H](O)[C@H]3O)(C1)C2. The van der Waals surface area contributed by atoms with Crippen LogP contribution in [0.2, 0.25) is 0 Å². The number of rotatable bonds is 29. The van der Waals surface area contributed by atoms with E-state index in [-0.39, 0.29) is 115 Å². The van der Waals surface area contributed by atoms with Gasteiger partial charge in [0.15, 0.2) is 16.9 Å². The van der Waals surface area contributed by atoms with Crippen LogP contribution in [0, 0.1) is 23.2 Å². The summed E-state index contributed by atoms with van der Waals surface area (Å²) in [5, 5.41) is 63.5. The zero-order valence-corrected chi connectivity index (χ0v) is 57.8. The number of aliphatic carboxylic acids is 1. The van der Waals surface area contributed by atoms with Gasteiger partial charge in [0.2, 0.25) is 12.2 Å². The number of fused-ring (bicyclic) bond motifs is 4. The molecule has 1 saturated heterocycles. The van der Waals surface area contributed by atoms with Gasteiger partial charge in [-0.3, -0.25) is 34.1 Å². The minimum absolute atomic E-state index is 0.0341. The van der Waals surface area contributed by atoms with E-state index in [4.69, 9.17) is 38.5 Å². The number of carboxylic acids is 2. The smallest absolute Gasteiger partial charge is 0.409 e. The summed E-state index contributed by atoms with van der Waals surface area (Å²) in [6.07, 6.45) is 0.702. The number of nitrogens with one attached hydrogen (secondary N) is 2. The maximum absolute atomic E-state index is 13.8. The number of aliphatic hydroxyl groups is 3. The predicted octanol–water partition coefficient (Wildman–Crippen LogP) is 7.68. The molecule has 2 saturated carbocycles. The second kappa shape index (κ2) is 30.5. The third kappa shape index (κ3) is 16.9. The molecule has 6 heterocycles. The molecule has 3 aromatic heterocycles. The average Bonchev–Trinajstić information content (AvgIpc) is 0.810. The van der Waals surface area contributed by atoms with Gasteiger partial charge in [0.25, 0.3) is 17.7 Å². The van der Waals surface area contributed by atoms with Gasteiger partial charge >= 0.3 is 18.0 Å². The zero-order chi connectivity index (χ0) is 71.3. The van der Waals surface area contributed by atoms with Crippen molar-refractivity contribution in [2.45, 2.75) is 155 Å². The van der Waals surface area contributed by atoms with Gasteiger partial charge in [-0.2, -0.15) is 5.10 Å². The lowest BCUT2D eigenvalue weighted by Crippen LogP contribution is -2.61. The summed E-state index contributed by atoms with van der Waals surface area (Å²) in [6.45, 7) is 13.3. The number of anilines is 2. The van der Waals surface area contributed by atoms with E-state index in [1.165, 1.54) is 45.4 Å². The van der Waals surface area contributed by atoms with Crippen molar-refractivity contribution >= 4 is 74.2 Å². The van der Waals surface area contributed by atoms with Crippen LogP contribution in [0.3, 0.4) is 0 Å². The normalized spacial score (nSPS) is 23.8. The Balaban J connectivity index is 0.692. The number of aromatic nitrogens is 4. The lowest BCUT2D eigenvalue weighted by atomic mass is 9.48. The zero-order valence-electron chi connectivity index (χ0n) is 57.0. The van der Waals surface area contributed by atoms with Crippen LogP contribution in [0.5, 0.6) is 11.5 Å². The first kappa shape index (κ1) is 72.4. The van der Waals surface area contributed by atoms with Crippen LogP contribution in [-0.2, 0) is 64.2 Å². The number of aliphatic hydroxyl groups excluding tert-OH is 3. The van der Waals surface area contributed by atoms with Crippen LogP contribution >= 0.6 is 11.3 Å². The first-order valence-corrected chi connectivity index (χ1v) is 34.5. The van der Waals surface area contributed by atoms with Crippen LogP contribution in [0.25, 0.3) is 21.3 Å². The molecule has 0 spiro atoms. The lowest BCUT2D eigenvalue weighted by Gasteiger charge is -2.61. The van der Waals surface area contributed by atoms with Gasteiger partial charge < -0.3 is 69.1 Å². The molecule has 3 aromatic carbocycles. The number of likely N-dealkylation sites (N-methyl/N-ethyl adjacent to an activating group) is 1. The number of nitrogens with zero attached hydrogens (tertiary/aromatic N) is 7. The Morgan fingerprint density at radius 2 is 1.61 bits per heavy atom. The first-order valence-electron chi connectivity index (χ1n) is 33.7. The van der Waals surface area contributed by atoms with E-state index in [1.807, 2.05) is 59.0 Å². The molecule has 6 aromatic rings. The molecular weight excluding hydrogens is 1310 g/mol. The van der Waals surface area contributed by atoms with E-state index < -0.39 is 54.3 Å². The van der Waals surface area contributed by atoms with Gasteiger partial charge in [0.05, 0.1) is 41.8 Å². The van der Waals surface area contributed by atoms with Crippen LogP contribution < -0.4 is 25.0 Å². The third-order valence-corrected chi connectivity index (χ3v) is 20.2. The number of unbranched alkanes of at least 4 members (excludes halogenated alkanes) is 2. The van der Waals surface area contributed by atoms with Crippen molar-refractivity contribution in [3.63, 3.8) is 0 Å². The Hall–Kier alpha value is -8.90. The number of amides is 5. The number of hydrogen-bond acceptors (Lipinski definition) is 21. The van der Waals surface area contributed by atoms with Gasteiger partial charge in [0, 0.05) is 98.9 Å². The fourth-order valence-corrected chi connectivity index (χ4v) is 16.5. The quantitative estimate of drug-likeness (QED) is 0.0175. The highest BCUT2D eigenvalue weighted by Gasteiger charge is 2.58. The van der Waals surface area contributed by atoms with Gasteiger partial charge in [-0.25, -0.2) is 24.4 Å². The molecule has 2 aliphatic carbocycles. The van der Waals surface area contributed by atoms with Gasteiger partial charge in [-0.1, -0.05) is 69.7 Å². The topological polar surface area (TPSA) is 353 Å². The number of carbonyl (C=O) groups is 7. The van der Waals surface area contributed by atoms with Crippen molar-refractivity contribution in [3.8, 4) is 22.6 Å². The molecule has 2 bridgehead atoms. The number of pyridine rings is 1. The van der Waals surface area contributed by atoms with E-state index >= 15 is 0 Å². The molecule has 3 aliphatic heterocycles. The Kier molecular flexibility index (Phi) is 22.1. The molecule has 3 unspecified atom stereocenters. The van der Waals surface area contributed by atoms with Crippen molar-refractivity contribution in [1.29, 1.82) is 0 Å². The van der Waals surface area contributed by atoms with Crippen molar-refractivity contribution in [2.24, 2.45) is 16.2 Å². The summed E-state index contributed by atoms with van der Waals surface area (Å²) in [6, 6.07) is 21.5. The number of thiazole rings is 1. The van der Waals surface area contributed by atoms with Crippen molar-refractivity contribution in [1.82, 2.24) is 34.9 Å². The largest absolute Gasteiger partial charge is 0.491 e. The standard InChI is InChI=1S/C72H87N9O18S/c1-43-49(47-20-21-54(76-58(47)64(89)90)79-27-24-44-13-12-14-48(50(44)35-79)63(88)77-67-75-51-15-9-10-16-53(51)100-67)34-74-81(43)42-71(5)39-70(4)37-69(2,3)38-72(40-70,41-71)97-30-28-78(6)68(93)96-36-45-18-19-46(33-52(45)98-66-61(87)59(85)60(86)62(99-66)65(91)92)95-32-31-94-29-25-73-55(82)17-8-7-11-26-80-56(83)22-23-57(80)84/h9-10,12-16,18-23,33-34,59-62,66,85-87H,7-8,11,17,24-32,35-42H2,1-6H3,(H,73,82)(H,89,90)(H,91,92)(H,75,77,88)/t59-,60-,61+,62-,66+,70?,71?,72?/m0/s1. The molecule has 11 rings (SSSR count). The summed E-state index contributed by atoms with van der Waals surface area (Å²) in [5.74, 6) is -3.26. The predicted molar refractivity (Wildman–Crippen MR) is 366 cm³/mol. The average molecular weight is 1400 g/mol. The van der Waals surface area contributed by atoms with Crippen molar-refractivity contribution < 1.29 is 87.5 Å². The molecule has 7 N–H and O–H groups in total. The highest BCUT2D eigenvalue weighted by atomic mass is 32.1. The summed E-state index contributed by atoms with van der Waals surface area (Å²) in [5.41, 5.74) is 4.09. The van der Waals surface area contributed by atoms with Crippen LogP contribution in [-0.4, -0.2) is 193 Å². The molecule has 27 nitrogen and oxygen atoms in total.